The monoisotopic (exact) mass is 341 g/mol. The van der Waals surface area contributed by atoms with Crippen molar-refractivity contribution in [3.05, 3.63) is 6.33 Å². The predicted octanol–water partition coefficient (Wildman–Crippen LogP) is 1.52. The third-order valence-corrected chi connectivity index (χ3v) is 2.98. The summed E-state index contributed by atoms with van der Waals surface area (Å²) in [7, 11) is 3.77. The first-order chi connectivity index (χ1) is 10.5. The van der Waals surface area contributed by atoms with Crippen molar-refractivity contribution >= 4 is 41.0 Å². The number of fused-ring (bicyclic) bond motifs is 1. The molecule has 0 saturated carbocycles. The first kappa shape index (κ1) is 19.1. The number of aliphatic hydroxyl groups excluding tert-OH is 1. The van der Waals surface area contributed by atoms with Gasteiger partial charge in [0.15, 0.2) is 11.6 Å². The smallest absolute Gasteiger partial charge is 0.227 e. The van der Waals surface area contributed by atoms with Gasteiger partial charge in [-0.15, -0.1) is 12.4 Å². The molecule has 0 saturated heterocycles. The largest absolute Gasteiger partial charge is 0.392 e. The van der Waals surface area contributed by atoms with Gasteiger partial charge in [0.1, 0.15) is 17.4 Å². The van der Waals surface area contributed by atoms with Crippen LogP contribution in [0.2, 0.25) is 0 Å². The zero-order valence-electron chi connectivity index (χ0n) is 13.9. The first-order valence-electron chi connectivity index (χ1n) is 7.38. The number of nitrogens with one attached hydrogen (secondary N) is 2. The van der Waals surface area contributed by atoms with Crippen LogP contribution in [0, 0.1) is 0 Å². The molecule has 0 aliphatic heterocycles. The molecule has 0 fully saturated rings. The van der Waals surface area contributed by atoms with Gasteiger partial charge in [0.05, 0.1) is 6.10 Å². The van der Waals surface area contributed by atoms with E-state index in [4.69, 9.17) is 0 Å². The Bertz CT molecular complexity index is 636. The van der Waals surface area contributed by atoms with E-state index in [0.717, 1.165) is 13.0 Å². The van der Waals surface area contributed by atoms with Gasteiger partial charge in [-0.25, -0.2) is 15.0 Å². The van der Waals surface area contributed by atoms with Crippen LogP contribution in [-0.4, -0.2) is 58.3 Å². The first-order valence-corrected chi connectivity index (χ1v) is 7.38. The highest BCUT2D eigenvalue weighted by molar-refractivity contribution is 5.93. The molecule has 0 amide bonds. The topological polar surface area (TPSA) is 99.1 Å². The second kappa shape index (κ2) is 8.64. The van der Waals surface area contributed by atoms with Gasteiger partial charge in [-0.3, -0.25) is 0 Å². The summed E-state index contributed by atoms with van der Waals surface area (Å²) in [5, 5.41) is 15.8. The highest BCUT2D eigenvalue weighted by Crippen LogP contribution is 2.25. The Balaban J connectivity index is 0.00000264. The lowest BCUT2D eigenvalue weighted by Gasteiger charge is -2.16. The third kappa shape index (κ3) is 4.77. The standard InChI is InChI=1S/C14H23N7O.ClH/c1-5-6-15-13-10-11(19-14(20-13)21(3)4)12(18-8-17-10)16-7-9(2)22;/h8-9,22H,5-7H2,1-4H3,(H,15,19,20)(H,16,17,18);1H. The van der Waals surface area contributed by atoms with Gasteiger partial charge in [-0.2, -0.15) is 4.98 Å². The van der Waals surface area contributed by atoms with Gasteiger partial charge in [-0.05, 0) is 13.3 Å². The molecule has 0 radical (unpaired) electrons. The fraction of sp³-hybridized carbons (Fsp3) is 0.571. The molecule has 2 aromatic heterocycles. The van der Waals surface area contributed by atoms with E-state index in [-0.39, 0.29) is 12.4 Å². The van der Waals surface area contributed by atoms with Crippen molar-refractivity contribution in [2.45, 2.75) is 26.4 Å². The van der Waals surface area contributed by atoms with E-state index in [1.807, 2.05) is 19.0 Å². The lowest BCUT2D eigenvalue weighted by Crippen LogP contribution is -2.18. The molecule has 0 aromatic carbocycles. The van der Waals surface area contributed by atoms with Crippen molar-refractivity contribution in [3.63, 3.8) is 0 Å². The van der Waals surface area contributed by atoms with Crippen molar-refractivity contribution in [2.24, 2.45) is 0 Å². The summed E-state index contributed by atoms with van der Waals surface area (Å²) in [6, 6.07) is 0. The molecule has 0 spiro atoms. The van der Waals surface area contributed by atoms with Gasteiger partial charge >= 0.3 is 0 Å². The van der Waals surface area contributed by atoms with Gasteiger partial charge in [0.25, 0.3) is 0 Å². The molecule has 0 aliphatic carbocycles. The van der Waals surface area contributed by atoms with Crippen LogP contribution >= 0.6 is 12.4 Å². The number of aromatic nitrogens is 4. The van der Waals surface area contributed by atoms with Crippen LogP contribution < -0.4 is 15.5 Å². The minimum absolute atomic E-state index is 0. The molecule has 2 aromatic rings. The Labute approximate surface area is 142 Å². The molecule has 1 unspecified atom stereocenters. The number of hydrogen-bond acceptors (Lipinski definition) is 8. The summed E-state index contributed by atoms with van der Waals surface area (Å²) in [6.45, 7) is 5.00. The number of halogens is 1. The van der Waals surface area contributed by atoms with Gasteiger partial charge in [0.2, 0.25) is 5.95 Å². The Morgan fingerprint density at radius 3 is 2.48 bits per heavy atom. The van der Waals surface area contributed by atoms with Crippen molar-refractivity contribution in [3.8, 4) is 0 Å². The molecular weight excluding hydrogens is 318 g/mol. The quantitative estimate of drug-likeness (QED) is 0.697. The molecule has 9 heteroatoms. The zero-order chi connectivity index (χ0) is 16.1. The zero-order valence-corrected chi connectivity index (χ0v) is 14.7. The maximum absolute atomic E-state index is 9.44. The molecular formula is C14H24ClN7O. The van der Waals surface area contributed by atoms with Crippen molar-refractivity contribution in [2.75, 3.05) is 42.7 Å². The summed E-state index contributed by atoms with van der Waals surface area (Å²) < 4.78 is 0. The normalized spacial score (nSPS) is 11.7. The lowest BCUT2D eigenvalue weighted by molar-refractivity contribution is 0.208. The molecule has 8 nitrogen and oxygen atoms in total. The second-order valence-corrected chi connectivity index (χ2v) is 5.34. The van der Waals surface area contributed by atoms with Gasteiger partial charge in [0, 0.05) is 27.2 Å². The number of nitrogens with zero attached hydrogens (tertiary/aromatic N) is 5. The van der Waals surface area contributed by atoms with Gasteiger partial charge in [-0.1, -0.05) is 6.92 Å². The maximum atomic E-state index is 9.44. The van der Waals surface area contributed by atoms with E-state index in [1.165, 1.54) is 6.33 Å². The molecule has 2 heterocycles. The van der Waals surface area contributed by atoms with Crippen LogP contribution in [0.5, 0.6) is 0 Å². The lowest BCUT2D eigenvalue weighted by atomic mass is 10.3. The SMILES string of the molecule is CCCNc1nc(N(C)C)nc2c(NCC(C)O)ncnc12.Cl. The molecule has 128 valence electrons. The van der Waals surface area contributed by atoms with Crippen LogP contribution in [0.1, 0.15) is 20.3 Å². The molecule has 2 rings (SSSR count). The highest BCUT2D eigenvalue weighted by Gasteiger charge is 2.14. The van der Waals surface area contributed by atoms with Crippen LogP contribution in [0.3, 0.4) is 0 Å². The van der Waals surface area contributed by atoms with E-state index in [0.29, 0.717) is 35.2 Å². The highest BCUT2D eigenvalue weighted by atomic mass is 35.5. The molecule has 1 atom stereocenters. The molecule has 0 aliphatic rings. The molecule has 3 N–H and O–H groups in total. The summed E-state index contributed by atoms with van der Waals surface area (Å²) >= 11 is 0. The minimum atomic E-state index is -0.474. The summed E-state index contributed by atoms with van der Waals surface area (Å²) in [6.07, 6.45) is 1.99. The minimum Gasteiger partial charge on any atom is -0.392 e. The Morgan fingerprint density at radius 1 is 1.13 bits per heavy atom. The Kier molecular flexibility index (Phi) is 7.18. The second-order valence-electron chi connectivity index (χ2n) is 5.34. The van der Waals surface area contributed by atoms with Crippen LogP contribution in [0.25, 0.3) is 11.0 Å². The van der Waals surface area contributed by atoms with E-state index >= 15 is 0 Å². The maximum Gasteiger partial charge on any atom is 0.227 e. The molecule has 0 bridgehead atoms. The van der Waals surface area contributed by atoms with Gasteiger partial charge < -0.3 is 20.6 Å². The van der Waals surface area contributed by atoms with Crippen molar-refractivity contribution in [1.82, 2.24) is 19.9 Å². The average molecular weight is 342 g/mol. The number of aliphatic hydroxyl groups is 1. The number of rotatable bonds is 7. The summed E-state index contributed by atoms with van der Waals surface area (Å²) in [5.41, 5.74) is 1.31. The fourth-order valence-corrected chi connectivity index (χ4v) is 1.88. The summed E-state index contributed by atoms with van der Waals surface area (Å²) in [4.78, 5) is 19.4. The third-order valence-electron chi connectivity index (χ3n) is 2.98. The number of anilines is 3. The van der Waals surface area contributed by atoms with Crippen LogP contribution in [0.15, 0.2) is 6.33 Å². The van der Waals surface area contributed by atoms with Crippen molar-refractivity contribution < 1.29 is 5.11 Å². The van der Waals surface area contributed by atoms with E-state index in [9.17, 15) is 5.11 Å². The predicted molar refractivity (Wildman–Crippen MR) is 95.7 cm³/mol. The number of hydrogen-bond donors (Lipinski definition) is 3. The van der Waals surface area contributed by atoms with Crippen molar-refractivity contribution in [1.29, 1.82) is 0 Å². The Hall–Kier alpha value is -1.93. The summed E-state index contributed by atoms with van der Waals surface area (Å²) in [5.74, 6) is 1.87. The van der Waals surface area contributed by atoms with Crippen LogP contribution in [-0.2, 0) is 0 Å². The average Bonchev–Trinajstić information content (AvgIpc) is 2.50. The fourth-order valence-electron chi connectivity index (χ4n) is 1.88. The van der Waals surface area contributed by atoms with E-state index < -0.39 is 6.10 Å². The van der Waals surface area contributed by atoms with E-state index in [2.05, 4.69) is 37.5 Å². The Morgan fingerprint density at radius 2 is 1.87 bits per heavy atom. The van der Waals surface area contributed by atoms with Crippen LogP contribution in [0.4, 0.5) is 17.6 Å². The molecule has 23 heavy (non-hydrogen) atoms. The van der Waals surface area contributed by atoms with E-state index in [1.54, 1.807) is 6.92 Å².